The third-order valence-electron chi connectivity index (χ3n) is 3.01. The number of hydrogen-bond donors (Lipinski definition) is 0. The molecule has 2 aromatic carbocycles. The fraction of sp³-hybridized carbons (Fsp3) is 0.250. The fourth-order valence-corrected chi connectivity index (χ4v) is 2.84. The van der Waals surface area contributed by atoms with Crippen molar-refractivity contribution in [2.24, 2.45) is 0 Å². The lowest BCUT2D eigenvalue weighted by Gasteiger charge is -2.15. The Bertz CT molecular complexity index is 629. The molecule has 0 aromatic heterocycles. The molecule has 2 nitrogen and oxygen atoms in total. The molecular formula is C16H15Cl3O2. The molecule has 0 fully saturated rings. The number of hydrogen-bond acceptors (Lipinski definition) is 2. The molecule has 0 bridgehead atoms. The van der Waals surface area contributed by atoms with E-state index in [1.54, 1.807) is 19.2 Å². The minimum atomic E-state index is -0.416. The summed E-state index contributed by atoms with van der Waals surface area (Å²) in [6, 6.07) is 11.0. The summed E-state index contributed by atoms with van der Waals surface area (Å²) in [5.41, 5.74) is 1.62. The van der Waals surface area contributed by atoms with Gasteiger partial charge in [-0.1, -0.05) is 35.3 Å². The largest absolute Gasteiger partial charge is 0.497 e. The molecule has 112 valence electrons. The van der Waals surface area contributed by atoms with Crippen LogP contribution in [-0.4, -0.2) is 13.7 Å². The van der Waals surface area contributed by atoms with E-state index in [0.717, 1.165) is 16.9 Å². The van der Waals surface area contributed by atoms with Crippen molar-refractivity contribution in [3.63, 3.8) is 0 Å². The lowest BCUT2D eigenvalue weighted by molar-refractivity contribution is 0.340. The summed E-state index contributed by atoms with van der Waals surface area (Å²) in [4.78, 5) is 0. The number of benzene rings is 2. The van der Waals surface area contributed by atoms with Gasteiger partial charge in [-0.3, -0.25) is 0 Å². The highest BCUT2D eigenvalue weighted by molar-refractivity contribution is 6.36. The first-order valence-corrected chi connectivity index (χ1v) is 7.65. The molecule has 0 amide bonds. The summed E-state index contributed by atoms with van der Waals surface area (Å²) in [7, 11) is 1.61. The maximum absolute atomic E-state index is 6.53. The number of ether oxygens (including phenoxy) is 2. The van der Waals surface area contributed by atoms with Crippen LogP contribution in [0.2, 0.25) is 10.0 Å². The predicted octanol–water partition coefficient (Wildman–Crippen LogP) is 5.73. The molecule has 0 saturated carbocycles. The van der Waals surface area contributed by atoms with Gasteiger partial charge in [-0.05, 0) is 36.2 Å². The van der Waals surface area contributed by atoms with Gasteiger partial charge >= 0.3 is 0 Å². The first-order valence-electron chi connectivity index (χ1n) is 6.46. The summed E-state index contributed by atoms with van der Waals surface area (Å²) < 4.78 is 10.6. The topological polar surface area (TPSA) is 18.5 Å². The van der Waals surface area contributed by atoms with Gasteiger partial charge in [0.15, 0.2) is 0 Å². The molecule has 0 N–H and O–H groups in total. The third-order valence-corrected chi connectivity index (χ3v) is 4.12. The molecule has 2 aromatic rings. The summed E-state index contributed by atoms with van der Waals surface area (Å²) >= 11 is 19.0. The lowest BCUT2D eigenvalue weighted by Crippen LogP contribution is -1.98. The van der Waals surface area contributed by atoms with Crippen LogP contribution in [0.5, 0.6) is 11.5 Å². The second kappa shape index (κ2) is 7.26. The number of halogens is 3. The van der Waals surface area contributed by atoms with Crippen molar-refractivity contribution in [3.8, 4) is 11.5 Å². The highest BCUT2D eigenvalue weighted by Crippen LogP contribution is 2.39. The van der Waals surface area contributed by atoms with Crippen molar-refractivity contribution in [2.75, 3.05) is 13.7 Å². The average Bonchev–Trinajstić information content (AvgIpc) is 2.50. The standard InChI is InChI=1S/C16H15Cl3O2/c1-3-21-15-9-13(17)12(8-14(15)18)16(19)10-5-4-6-11(7-10)20-2/h4-9,16H,3H2,1-2H3. The van der Waals surface area contributed by atoms with E-state index < -0.39 is 5.38 Å². The highest BCUT2D eigenvalue weighted by atomic mass is 35.5. The van der Waals surface area contributed by atoms with Crippen LogP contribution in [0, 0.1) is 0 Å². The summed E-state index contributed by atoms with van der Waals surface area (Å²) in [5, 5.41) is 0.594. The second-order valence-electron chi connectivity index (χ2n) is 4.38. The maximum atomic E-state index is 6.53. The van der Waals surface area contributed by atoms with Gasteiger partial charge in [-0.15, -0.1) is 11.6 Å². The molecule has 0 aliphatic heterocycles. The first-order chi connectivity index (χ1) is 10.1. The van der Waals surface area contributed by atoms with Gasteiger partial charge in [0, 0.05) is 11.1 Å². The Kier molecular flexibility index (Phi) is 5.63. The van der Waals surface area contributed by atoms with Crippen LogP contribution in [0.15, 0.2) is 36.4 Å². The van der Waals surface area contributed by atoms with Crippen LogP contribution < -0.4 is 9.47 Å². The van der Waals surface area contributed by atoms with Crippen molar-refractivity contribution in [3.05, 3.63) is 57.6 Å². The van der Waals surface area contributed by atoms with Gasteiger partial charge in [-0.25, -0.2) is 0 Å². The van der Waals surface area contributed by atoms with E-state index in [0.29, 0.717) is 22.4 Å². The van der Waals surface area contributed by atoms with Crippen molar-refractivity contribution < 1.29 is 9.47 Å². The Morgan fingerprint density at radius 3 is 2.52 bits per heavy atom. The zero-order chi connectivity index (χ0) is 15.4. The molecular weight excluding hydrogens is 331 g/mol. The van der Waals surface area contributed by atoms with Crippen LogP contribution in [0.3, 0.4) is 0 Å². The number of rotatable bonds is 5. The normalized spacial score (nSPS) is 12.0. The molecule has 21 heavy (non-hydrogen) atoms. The second-order valence-corrected chi connectivity index (χ2v) is 5.63. The minimum absolute atomic E-state index is 0.416. The molecule has 0 aliphatic carbocycles. The van der Waals surface area contributed by atoms with E-state index in [2.05, 4.69) is 0 Å². The average molecular weight is 346 g/mol. The van der Waals surface area contributed by atoms with E-state index in [9.17, 15) is 0 Å². The van der Waals surface area contributed by atoms with E-state index in [-0.39, 0.29) is 0 Å². The van der Waals surface area contributed by atoms with Crippen LogP contribution in [-0.2, 0) is 0 Å². The molecule has 0 heterocycles. The van der Waals surface area contributed by atoms with Gasteiger partial charge in [0.05, 0.1) is 24.1 Å². The third kappa shape index (κ3) is 3.76. The van der Waals surface area contributed by atoms with E-state index in [4.69, 9.17) is 44.3 Å². The van der Waals surface area contributed by atoms with Crippen LogP contribution in [0.1, 0.15) is 23.4 Å². The molecule has 5 heteroatoms. The number of methoxy groups -OCH3 is 1. The Balaban J connectivity index is 2.38. The van der Waals surface area contributed by atoms with E-state index in [1.165, 1.54) is 0 Å². The highest BCUT2D eigenvalue weighted by Gasteiger charge is 2.17. The molecule has 0 spiro atoms. The van der Waals surface area contributed by atoms with Crippen LogP contribution in [0.4, 0.5) is 0 Å². The maximum Gasteiger partial charge on any atom is 0.139 e. The predicted molar refractivity (Wildman–Crippen MR) is 88.3 cm³/mol. The monoisotopic (exact) mass is 344 g/mol. The molecule has 0 radical (unpaired) electrons. The van der Waals surface area contributed by atoms with Gasteiger partial charge in [0.2, 0.25) is 0 Å². The zero-order valence-corrected chi connectivity index (χ0v) is 14.0. The smallest absolute Gasteiger partial charge is 0.139 e. The van der Waals surface area contributed by atoms with Crippen molar-refractivity contribution in [1.29, 1.82) is 0 Å². The minimum Gasteiger partial charge on any atom is -0.497 e. The molecule has 1 unspecified atom stereocenters. The quantitative estimate of drug-likeness (QED) is 0.644. The van der Waals surface area contributed by atoms with Crippen LogP contribution >= 0.6 is 34.8 Å². The van der Waals surface area contributed by atoms with Gasteiger partial charge in [0.1, 0.15) is 11.5 Å². The number of alkyl halides is 1. The van der Waals surface area contributed by atoms with Gasteiger partial charge in [0.25, 0.3) is 0 Å². The Morgan fingerprint density at radius 1 is 1.10 bits per heavy atom. The molecule has 0 aliphatic rings. The summed E-state index contributed by atoms with van der Waals surface area (Å²) in [6.45, 7) is 2.41. The molecule has 1 atom stereocenters. The Morgan fingerprint density at radius 2 is 1.86 bits per heavy atom. The Labute approximate surface area is 139 Å². The van der Waals surface area contributed by atoms with Crippen LogP contribution in [0.25, 0.3) is 0 Å². The molecule has 0 saturated heterocycles. The Hall–Kier alpha value is -1.09. The molecule has 2 rings (SSSR count). The zero-order valence-electron chi connectivity index (χ0n) is 11.7. The first kappa shape index (κ1) is 16.3. The van der Waals surface area contributed by atoms with E-state index in [1.807, 2.05) is 31.2 Å². The van der Waals surface area contributed by atoms with Crippen molar-refractivity contribution >= 4 is 34.8 Å². The van der Waals surface area contributed by atoms with Crippen molar-refractivity contribution in [2.45, 2.75) is 12.3 Å². The SMILES string of the molecule is CCOc1cc(Cl)c(C(Cl)c2cccc(OC)c2)cc1Cl. The summed E-state index contributed by atoms with van der Waals surface area (Å²) in [5.74, 6) is 1.30. The van der Waals surface area contributed by atoms with Crippen molar-refractivity contribution in [1.82, 2.24) is 0 Å². The van der Waals surface area contributed by atoms with E-state index >= 15 is 0 Å². The lowest BCUT2D eigenvalue weighted by atomic mass is 10.0. The summed E-state index contributed by atoms with van der Waals surface area (Å²) in [6.07, 6.45) is 0. The van der Waals surface area contributed by atoms with Gasteiger partial charge < -0.3 is 9.47 Å². The van der Waals surface area contributed by atoms with Gasteiger partial charge in [-0.2, -0.15) is 0 Å². The fourth-order valence-electron chi connectivity index (χ4n) is 1.98.